The van der Waals surface area contributed by atoms with Crippen molar-refractivity contribution in [3.8, 4) is 11.3 Å². The third-order valence-electron chi connectivity index (χ3n) is 5.51. The molecule has 154 valence electrons. The number of fused-ring (bicyclic) bond motifs is 3. The number of thiazole rings is 1. The van der Waals surface area contributed by atoms with Crippen LogP contribution in [0.4, 0.5) is 0 Å². The zero-order valence-electron chi connectivity index (χ0n) is 17.3. The number of amides is 1. The molecule has 4 nitrogen and oxygen atoms in total. The van der Waals surface area contributed by atoms with Gasteiger partial charge in [-0.2, -0.15) is 0 Å². The molecule has 3 aromatic carbocycles. The lowest BCUT2D eigenvalue weighted by Crippen LogP contribution is -2.32. The van der Waals surface area contributed by atoms with Crippen LogP contribution in [0.25, 0.3) is 26.4 Å². The number of hydrogen-bond acceptors (Lipinski definition) is 3. The van der Waals surface area contributed by atoms with E-state index in [1.165, 1.54) is 5.56 Å². The molecule has 0 saturated carbocycles. The number of aryl methyl sites for hydroxylation is 1. The molecule has 1 atom stereocenters. The average Bonchev–Trinajstić information content (AvgIpc) is 3.36. The highest BCUT2D eigenvalue weighted by Crippen LogP contribution is 2.30. The van der Waals surface area contributed by atoms with E-state index in [-0.39, 0.29) is 11.9 Å². The summed E-state index contributed by atoms with van der Waals surface area (Å²) in [5, 5.41) is 3.13. The molecule has 0 aliphatic carbocycles. The second kappa shape index (κ2) is 8.36. The van der Waals surface area contributed by atoms with E-state index < -0.39 is 0 Å². The minimum Gasteiger partial charge on any atom is -0.350 e. The Hall–Kier alpha value is -3.44. The van der Waals surface area contributed by atoms with Crippen molar-refractivity contribution < 1.29 is 4.79 Å². The number of hydrogen-bond donors (Lipinski definition) is 1. The van der Waals surface area contributed by atoms with Crippen molar-refractivity contribution in [1.82, 2.24) is 14.7 Å². The first kappa shape index (κ1) is 19.5. The number of aromatic nitrogens is 2. The highest BCUT2D eigenvalue weighted by Gasteiger charge is 2.14. The van der Waals surface area contributed by atoms with E-state index in [4.69, 9.17) is 4.98 Å². The Kier molecular flexibility index (Phi) is 5.26. The molecule has 0 radical (unpaired) electrons. The number of nitrogens with zero attached hydrogens (tertiary/aromatic N) is 2. The Morgan fingerprint density at radius 3 is 2.55 bits per heavy atom. The van der Waals surface area contributed by atoms with Gasteiger partial charge >= 0.3 is 0 Å². The first-order valence-corrected chi connectivity index (χ1v) is 11.3. The molecule has 5 aromatic rings. The number of benzene rings is 3. The molecule has 5 rings (SSSR count). The Morgan fingerprint density at radius 2 is 1.77 bits per heavy atom. The Labute approximate surface area is 185 Å². The van der Waals surface area contributed by atoms with Gasteiger partial charge < -0.3 is 5.32 Å². The summed E-state index contributed by atoms with van der Waals surface area (Å²) in [6.45, 7) is 2.06. The van der Waals surface area contributed by atoms with Gasteiger partial charge in [0.15, 0.2) is 4.96 Å². The second-order valence-electron chi connectivity index (χ2n) is 7.83. The smallest absolute Gasteiger partial charge is 0.251 e. The monoisotopic (exact) mass is 425 g/mol. The lowest BCUT2D eigenvalue weighted by molar-refractivity contribution is 0.0938. The van der Waals surface area contributed by atoms with Crippen LogP contribution >= 0.6 is 11.3 Å². The van der Waals surface area contributed by atoms with Gasteiger partial charge in [-0.25, -0.2) is 4.98 Å². The van der Waals surface area contributed by atoms with Crippen LogP contribution in [0.1, 0.15) is 29.3 Å². The Balaban J connectivity index is 1.31. The van der Waals surface area contributed by atoms with E-state index >= 15 is 0 Å². The van der Waals surface area contributed by atoms with Crippen LogP contribution in [-0.4, -0.2) is 21.3 Å². The fraction of sp³-hybridized carbons (Fsp3) is 0.154. The molecule has 0 unspecified atom stereocenters. The maximum atomic E-state index is 12.8. The van der Waals surface area contributed by atoms with Crippen LogP contribution in [-0.2, 0) is 6.42 Å². The number of nitrogens with one attached hydrogen (secondary N) is 1. The highest BCUT2D eigenvalue weighted by molar-refractivity contribution is 7.23. The average molecular weight is 426 g/mol. The third-order valence-corrected chi connectivity index (χ3v) is 6.53. The zero-order valence-corrected chi connectivity index (χ0v) is 18.1. The van der Waals surface area contributed by atoms with Crippen LogP contribution in [0.5, 0.6) is 0 Å². The quantitative estimate of drug-likeness (QED) is 0.364. The fourth-order valence-electron chi connectivity index (χ4n) is 3.80. The lowest BCUT2D eigenvalue weighted by atomic mass is 10.1. The third kappa shape index (κ3) is 4.09. The minimum absolute atomic E-state index is 0.0292. The summed E-state index contributed by atoms with van der Waals surface area (Å²) in [5.74, 6) is -0.0292. The summed E-state index contributed by atoms with van der Waals surface area (Å²) in [7, 11) is 0. The topological polar surface area (TPSA) is 46.4 Å². The zero-order chi connectivity index (χ0) is 21.2. The van der Waals surface area contributed by atoms with Crippen LogP contribution in [0, 0.1) is 0 Å². The highest BCUT2D eigenvalue weighted by atomic mass is 32.1. The Morgan fingerprint density at radius 1 is 1.03 bits per heavy atom. The molecule has 2 aromatic heterocycles. The van der Waals surface area contributed by atoms with Gasteiger partial charge in [-0.3, -0.25) is 9.20 Å². The first-order chi connectivity index (χ1) is 15.2. The Bertz CT molecular complexity index is 1340. The molecule has 31 heavy (non-hydrogen) atoms. The van der Waals surface area contributed by atoms with Crippen molar-refractivity contribution in [1.29, 1.82) is 0 Å². The fourth-order valence-corrected chi connectivity index (χ4v) is 4.84. The molecule has 0 fully saturated rings. The van der Waals surface area contributed by atoms with Gasteiger partial charge in [0.25, 0.3) is 5.91 Å². The normalized spacial score (nSPS) is 12.3. The first-order valence-electron chi connectivity index (χ1n) is 10.5. The molecule has 0 aliphatic rings. The maximum absolute atomic E-state index is 12.8. The van der Waals surface area contributed by atoms with Crippen molar-refractivity contribution in [2.45, 2.75) is 25.8 Å². The SMILES string of the molecule is C[C@@H](CCc1ccccc1)NC(=O)c1ccc2c(c1)sc1nc(-c3ccccc3)cn12. The summed E-state index contributed by atoms with van der Waals surface area (Å²) in [5.41, 5.74) is 5.12. The number of carbonyl (C=O) groups is 1. The molecular formula is C26H23N3OS. The molecule has 0 aliphatic heterocycles. The second-order valence-corrected chi connectivity index (χ2v) is 8.84. The molecular weight excluding hydrogens is 402 g/mol. The predicted octanol–water partition coefficient (Wildman–Crippen LogP) is 5.97. The van der Waals surface area contributed by atoms with Gasteiger partial charge in [0.1, 0.15) is 0 Å². The van der Waals surface area contributed by atoms with Gasteiger partial charge in [0.2, 0.25) is 0 Å². The van der Waals surface area contributed by atoms with Crippen LogP contribution in [0.3, 0.4) is 0 Å². The van der Waals surface area contributed by atoms with Crippen LogP contribution in [0.15, 0.2) is 85.1 Å². The van der Waals surface area contributed by atoms with Gasteiger partial charge in [-0.15, -0.1) is 0 Å². The van der Waals surface area contributed by atoms with Crippen molar-refractivity contribution in [2.24, 2.45) is 0 Å². The molecule has 1 amide bonds. The number of imidazole rings is 1. The van der Waals surface area contributed by atoms with Crippen LogP contribution in [0.2, 0.25) is 0 Å². The van der Waals surface area contributed by atoms with Gasteiger partial charge in [0, 0.05) is 23.4 Å². The molecule has 0 saturated heterocycles. The summed E-state index contributed by atoms with van der Waals surface area (Å²) < 4.78 is 3.17. The largest absolute Gasteiger partial charge is 0.350 e. The lowest BCUT2D eigenvalue weighted by Gasteiger charge is -2.14. The van der Waals surface area contributed by atoms with Gasteiger partial charge in [0.05, 0.1) is 15.9 Å². The molecule has 1 N–H and O–H groups in total. The maximum Gasteiger partial charge on any atom is 0.251 e. The summed E-state index contributed by atoms with van der Waals surface area (Å²) >= 11 is 1.61. The van der Waals surface area contributed by atoms with Crippen molar-refractivity contribution in [3.05, 3.63) is 96.2 Å². The van der Waals surface area contributed by atoms with Crippen molar-refractivity contribution in [3.63, 3.8) is 0 Å². The van der Waals surface area contributed by atoms with E-state index in [1.807, 2.05) is 42.5 Å². The molecule has 0 spiro atoms. The molecule has 2 heterocycles. The predicted molar refractivity (Wildman–Crippen MR) is 128 cm³/mol. The van der Waals surface area contributed by atoms with E-state index in [0.717, 1.165) is 39.3 Å². The van der Waals surface area contributed by atoms with E-state index in [1.54, 1.807) is 11.3 Å². The minimum atomic E-state index is -0.0292. The number of rotatable bonds is 6. The van der Waals surface area contributed by atoms with E-state index in [9.17, 15) is 4.79 Å². The van der Waals surface area contributed by atoms with E-state index in [0.29, 0.717) is 5.56 Å². The number of carbonyl (C=O) groups excluding carboxylic acids is 1. The van der Waals surface area contributed by atoms with Crippen molar-refractivity contribution >= 4 is 32.4 Å². The van der Waals surface area contributed by atoms with E-state index in [2.05, 4.69) is 59.2 Å². The summed E-state index contributed by atoms with van der Waals surface area (Å²) in [6, 6.07) is 26.5. The summed E-state index contributed by atoms with van der Waals surface area (Å²) in [6.07, 6.45) is 3.93. The van der Waals surface area contributed by atoms with Crippen molar-refractivity contribution in [2.75, 3.05) is 0 Å². The molecule has 0 bridgehead atoms. The summed E-state index contributed by atoms with van der Waals surface area (Å²) in [4.78, 5) is 18.5. The van der Waals surface area contributed by atoms with Crippen LogP contribution < -0.4 is 5.32 Å². The van der Waals surface area contributed by atoms with Gasteiger partial charge in [-0.05, 0) is 43.5 Å². The molecule has 5 heteroatoms. The standard InChI is InChI=1S/C26H23N3OS/c1-18(12-13-19-8-4-2-5-9-19)27-25(30)21-14-15-23-24(16-21)31-26-28-22(17-29(23)26)20-10-6-3-7-11-20/h2-11,14-18H,12-13H2,1H3,(H,27,30)/t18-/m0/s1. The van der Waals surface area contributed by atoms with Gasteiger partial charge in [-0.1, -0.05) is 72.0 Å².